The van der Waals surface area contributed by atoms with Crippen LogP contribution in [0.4, 0.5) is 0 Å². The monoisotopic (exact) mass is 610 g/mol. The van der Waals surface area contributed by atoms with Crippen LogP contribution in [0.2, 0.25) is 0 Å². The van der Waals surface area contributed by atoms with Crippen molar-refractivity contribution in [1.29, 1.82) is 0 Å². The van der Waals surface area contributed by atoms with Gasteiger partial charge in [0, 0.05) is 23.8 Å². The molecule has 2 heterocycles. The fourth-order valence-corrected chi connectivity index (χ4v) is 4.56. The van der Waals surface area contributed by atoms with Crippen molar-refractivity contribution in [3.8, 4) is 45.8 Å². The number of esters is 1. The van der Waals surface area contributed by atoms with Gasteiger partial charge in [-0.05, 0) is 42.0 Å². The molecule has 230 valence electrons. The van der Waals surface area contributed by atoms with Gasteiger partial charge >= 0.3 is 5.97 Å². The molecule has 1 aliphatic heterocycles. The van der Waals surface area contributed by atoms with Crippen molar-refractivity contribution in [1.82, 2.24) is 0 Å². The van der Waals surface area contributed by atoms with E-state index in [1.807, 2.05) is 0 Å². The Bertz CT molecular complexity index is 1780. The van der Waals surface area contributed by atoms with Crippen LogP contribution in [0.5, 0.6) is 34.5 Å². The maximum atomic E-state index is 13.6. The summed E-state index contributed by atoms with van der Waals surface area (Å²) in [6, 6.07) is 11.1. The van der Waals surface area contributed by atoms with Gasteiger partial charge in [0.25, 0.3) is 0 Å². The Hall–Kier alpha value is -5.28. The molecule has 3 aromatic carbocycles. The number of ether oxygens (including phenoxy) is 3. The summed E-state index contributed by atoms with van der Waals surface area (Å²) in [5, 5.41) is 80.6. The molecule has 0 bridgehead atoms. The molecule has 1 fully saturated rings. The highest BCUT2D eigenvalue weighted by Gasteiger charge is 2.48. The van der Waals surface area contributed by atoms with Crippen molar-refractivity contribution < 1.29 is 64.3 Å². The average molecular weight is 611 g/mol. The first-order valence-electron chi connectivity index (χ1n) is 13.0. The van der Waals surface area contributed by atoms with Gasteiger partial charge in [-0.25, -0.2) is 4.79 Å². The summed E-state index contributed by atoms with van der Waals surface area (Å²) < 4.78 is 22.2. The molecular weight excluding hydrogens is 584 g/mol. The molecule has 14 nitrogen and oxygen atoms in total. The summed E-state index contributed by atoms with van der Waals surface area (Å²) >= 11 is 0. The van der Waals surface area contributed by atoms with E-state index in [1.54, 1.807) is 0 Å². The second-order valence-electron chi connectivity index (χ2n) is 9.78. The maximum Gasteiger partial charge on any atom is 0.331 e. The lowest BCUT2D eigenvalue weighted by atomic mass is 9.99. The third kappa shape index (κ3) is 5.95. The lowest BCUT2D eigenvalue weighted by molar-refractivity contribution is -0.280. The number of phenolic OH excluding ortho intramolecular Hbond substituents is 5. The van der Waals surface area contributed by atoms with E-state index in [0.29, 0.717) is 5.56 Å². The molecule has 0 radical (unpaired) electrons. The molecule has 8 N–H and O–H groups in total. The van der Waals surface area contributed by atoms with E-state index in [0.717, 1.165) is 30.3 Å². The number of phenols is 5. The van der Waals surface area contributed by atoms with Crippen LogP contribution in [-0.2, 0) is 14.3 Å². The summed E-state index contributed by atoms with van der Waals surface area (Å²) in [5.41, 5.74) is -0.805. The highest BCUT2D eigenvalue weighted by atomic mass is 16.7. The predicted octanol–water partition coefficient (Wildman–Crippen LogP) is 1.43. The number of carbonyl (C=O) groups excluding carboxylic acids is 1. The van der Waals surface area contributed by atoms with Crippen molar-refractivity contribution >= 4 is 23.0 Å². The Morgan fingerprint density at radius 3 is 2.27 bits per heavy atom. The van der Waals surface area contributed by atoms with E-state index >= 15 is 0 Å². The van der Waals surface area contributed by atoms with E-state index in [4.69, 9.17) is 18.6 Å². The predicted molar refractivity (Wildman–Crippen MR) is 150 cm³/mol. The molecule has 1 aliphatic rings. The first-order valence-corrected chi connectivity index (χ1v) is 13.0. The standard InChI is InChI=1S/C30H26O14/c31-12-21-24(38)28(43-22(37)8-3-13-1-5-15(32)6-2-13)26(40)30(42-21)44-29-25(39)23-19(36)10-16(33)11-20(23)41-27(29)14-4-7-17(34)18(35)9-14/h1-11,21,24,26,28,30-36,38,40H,12H2/b8-3+/t21?,24-,26-,28?,30+/m1/s1. The minimum Gasteiger partial charge on any atom is -0.508 e. The largest absolute Gasteiger partial charge is 0.508 e. The van der Waals surface area contributed by atoms with Crippen LogP contribution in [0.15, 0.2) is 69.9 Å². The van der Waals surface area contributed by atoms with Crippen LogP contribution < -0.4 is 10.2 Å². The van der Waals surface area contributed by atoms with Gasteiger partial charge in [0.1, 0.15) is 40.4 Å². The Kier molecular flexibility index (Phi) is 8.33. The van der Waals surface area contributed by atoms with Crippen molar-refractivity contribution in [3.63, 3.8) is 0 Å². The maximum absolute atomic E-state index is 13.6. The minimum absolute atomic E-state index is 0.0124. The van der Waals surface area contributed by atoms with Crippen molar-refractivity contribution in [2.24, 2.45) is 0 Å². The zero-order valence-electron chi connectivity index (χ0n) is 22.5. The lowest BCUT2D eigenvalue weighted by Crippen LogP contribution is -2.61. The fourth-order valence-electron chi connectivity index (χ4n) is 4.56. The van der Waals surface area contributed by atoms with Gasteiger partial charge < -0.3 is 59.5 Å². The minimum atomic E-state index is -1.96. The van der Waals surface area contributed by atoms with E-state index in [-0.39, 0.29) is 16.9 Å². The molecule has 0 saturated carbocycles. The van der Waals surface area contributed by atoms with Gasteiger partial charge in [-0.15, -0.1) is 0 Å². The highest BCUT2D eigenvalue weighted by Crippen LogP contribution is 2.39. The van der Waals surface area contributed by atoms with Crippen LogP contribution in [0, 0.1) is 0 Å². The number of hydrogen-bond donors (Lipinski definition) is 8. The number of rotatable bonds is 7. The Morgan fingerprint density at radius 1 is 0.864 bits per heavy atom. The molecule has 0 spiro atoms. The zero-order chi connectivity index (χ0) is 31.7. The summed E-state index contributed by atoms with van der Waals surface area (Å²) in [6.45, 7) is -0.823. The van der Waals surface area contributed by atoms with Crippen LogP contribution >= 0.6 is 0 Å². The van der Waals surface area contributed by atoms with Crippen LogP contribution in [0.3, 0.4) is 0 Å². The van der Waals surface area contributed by atoms with Crippen LogP contribution in [0.1, 0.15) is 5.56 Å². The van der Waals surface area contributed by atoms with Crippen molar-refractivity contribution in [2.45, 2.75) is 30.7 Å². The third-order valence-electron chi connectivity index (χ3n) is 6.77. The Labute approximate surface area is 247 Å². The number of aromatic hydroxyl groups is 5. The van der Waals surface area contributed by atoms with E-state index in [9.17, 15) is 50.4 Å². The molecule has 5 atom stereocenters. The molecule has 1 saturated heterocycles. The molecule has 0 aliphatic carbocycles. The topological polar surface area (TPSA) is 237 Å². The Morgan fingerprint density at radius 2 is 1.59 bits per heavy atom. The van der Waals surface area contributed by atoms with Gasteiger partial charge in [-0.2, -0.15) is 0 Å². The van der Waals surface area contributed by atoms with Gasteiger partial charge in [0.2, 0.25) is 17.5 Å². The summed E-state index contributed by atoms with van der Waals surface area (Å²) in [5.74, 6) is -4.29. The highest BCUT2D eigenvalue weighted by molar-refractivity contribution is 5.88. The molecule has 14 heteroatoms. The van der Waals surface area contributed by atoms with E-state index in [2.05, 4.69) is 0 Å². The molecule has 44 heavy (non-hydrogen) atoms. The number of hydrogen-bond acceptors (Lipinski definition) is 14. The molecule has 5 rings (SSSR count). The number of carbonyl (C=O) groups is 1. The summed E-state index contributed by atoms with van der Waals surface area (Å²) in [6.07, 6.45) is -6.43. The first kappa shape index (κ1) is 30.2. The molecular formula is C30H26O14. The third-order valence-corrected chi connectivity index (χ3v) is 6.77. The normalized spacial score (nSPS) is 21.8. The summed E-state index contributed by atoms with van der Waals surface area (Å²) in [7, 11) is 0. The molecule has 4 aromatic rings. The van der Waals surface area contributed by atoms with Gasteiger partial charge in [-0.1, -0.05) is 12.1 Å². The first-order chi connectivity index (χ1) is 21.0. The molecule has 2 unspecified atom stereocenters. The second kappa shape index (κ2) is 12.1. The number of aliphatic hydroxyl groups excluding tert-OH is 3. The quantitative estimate of drug-likeness (QED) is 0.0840. The Balaban J connectivity index is 1.51. The van der Waals surface area contributed by atoms with Crippen LogP contribution in [0.25, 0.3) is 28.4 Å². The second-order valence-corrected chi connectivity index (χ2v) is 9.78. The smallest absolute Gasteiger partial charge is 0.331 e. The SMILES string of the molecule is O=C(/C=C/c1ccc(O)cc1)OC1[C@H](O)C(CO)O[C@@H](Oc2c(-c3ccc(O)c(O)c3)oc3cc(O)cc(O)c3c2=O)[C@@H]1O. The van der Waals surface area contributed by atoms with Gasteiger partial charge in [0.15, 0.2) is 29.5 Å². The zero-order valence-corrected chi connectivity index (χ0v) is 22.5. The van der Waals surface area contributed by atoms with Crippen LogP contribution in [-0.4, -0.2) is 84.1 Å². The lowest BCUT2D eigenvalue weighted by Gasteiger charge is -2.41. The average Bonchev–Trinajstić information content (AvgIpc) is 2.98. The van der Waals surface area contributed by atoms with Crippen molar-refractivity contribution in [3.05, 3.63) is 76.5 Å². The van der Waals surface area contributed by atoms with E-state index < -0.39 is 88.6 Å². The number of aliphatic hydroxyl groups is 3. The summed E-state index contributed by atoms with van der Waals surface area (Å²) in [4.78, 5) is 26.2. The van der Waals surface area contributed by atoms with Crippen molar-refractivity contribution in [2.75, 3.05) is 6.61 Å². The fraction of sp³-hybridized carbons (Fsp3) is 0.200. The molecule has 0 amide bonds. The van der Waals surface area contributed by atoms with Gasteiger partial charge in [-0.3, -0.25) is 4.79 Å². The number of fused-ring (bicyclic) bond motifs is 1. The van der Waals surface area contributed by atoms with E-state index in [1.165, 1.54) is 36.4 Å². The molecule has 1 aromatic heterocycles. The number of benzene rings is 3. The van der Waals surface area contributed by atoms with Gasteiger partial charge in [0.05, 0.1) is 6.61 Å².